The largest absolute Gasteiger partial charge is 0.494 e. The van der Waals surface area contributed by atoms with E-state index in [1.54, 1.807) is 16.8 Å². The smallest absolute Gasteiger partial charge is 0.326 e. The summed E-state index contributed by atoms with van der Waals surface area (Å²) in [5.74, 6) is 1.28. The van der Waals surface area contributed by atoms with E-state index >= 15 is 0 Å². The molecule has 0 atom stereocenters. The highest BCUT2D eigenvalue weighted by Crippen LogP contribution is 2.26. The SMILES string of the molecule is CCOc1ccccc1CNc1nc(NC2CC2)n2ncc(/C=C3\NC(=O)NC3=O)c2n1. The van der Waals surface area contributed by atoms with E-state index in [1.807, 2.05) is 31.2 Å². The first-order chi connectivity index (χ1) is 15.6. The van der Waals surface area contributed by atoms with Crippen LogP contribution in [0.2, 0.25) is 0 Å². The van der Waals surface area contributed by atoms with E-state index in [1.165, 1.54) is 0 Å². The number of benzene rings is 1. The number of carbonyl (C=O) groups excluding carboxylic acids is 2. The molecule has 1 saturated carbocycles. The molecule has 2 fully saturated rings. The van der Waals surface area contributed by atoms with Crippen molar-refractivity contribution in [3.8, 4) is 5.75 Å². The average molecular weight is 434 g/mol. The Labute approximate surface area is 183 Å². The zero-order chi connectivity index (χ0) is 22.1. The zero-order valence-electron chi connectivity index (χ0n) is 17.4. The van der Waals surface area contributed by atoms with Crippen LogP contribution >= 0.6 is 0 Å². The molecule has 5 rings (SSSR count). The maximum atomic E-state index is 11.9. The van der Waals surface area contributed by atoms with Crippen LogP contribution in [0.25, 0.3) is 11.7 Å². The molecule has 0 spiro atoms. The summed E-state index contributed by atoms with van der Waals surface area (Å²) in [4.78, 5) is 32.6. The van der Waals surface area contributed by atoms with Gasteiger partial charge in [0, 0.05) is 23.7 Å². The third-order valence-corrected chi connectivity index (χ3v) is 5.04. The number of anilines is 2. The molecule has 0 bridgehead atoms. The Morgan fingerprint density at radius 2 is 2.06 bits per heavy atom. The molecule has 32 heavy (non-hydrogen) atoms. The molecule has 11 nitrogen and oxygen atoms in total. The van der Waals surface area contributed by atoms with Crippen molar-refractivity contribution in [1.29, 1.82) is 0 Å². The van der Waals surface area contributed by atoms with Crippen molar-refractivity contribution in [2.24, 2.45) is 0 Å². The third-order valence-electron chi connectivity index (χ3n) is 5.04. The van der Waals surface area contributed by atoms with Crippen LogP contribution in [0.1, 0.15) is 30.9 Å². The Morgan fingerprint density at radius 1 is 1.22 bits per heavy atom. The normalized spacial score (nSPS) is 16.8. The predicted octanol–water partition coefficient (Wildman–Crippen LogP) is 1.89. The third kappa shape index (κ3) is 4.04. The summed E-state index contributed by atoms with van der Waals surface area (Å²) in [7, 11) is 0. The number of nitrogens with one attached hydrogen (secondary N) is 4. The van der Waals surface area contributed by atoms with Crippen LogP contribution in [0.3, 0.4) is 0 Å². The van der Waals surface area contributed by atoms with Crippen LogP contribution in [0.5, 0.6) is 5.75 Å². The summed E-state index contributed by atoms with van der Waals surface area (Å²) in [6.45, 7) is 2.99. The predicted molar refractivity (Wildman–Crippen MR) is 117 cm³/mol. The topological polar surface area (TPSA) is 135 Å². The molecule has 3 amide bonds. The summed E-state index contributed by atoms with van der Waals surface area (Å²) in [6.07, 6.45) is 5.27. The van der Waals surface area contributed by atoms with E-state index in [0.717, 1.165) is 24.2 Å². The maximum Gasteiger partial charge on any atom is 0.326 e. The highest BCUT2D eigenvalue weighted by Gasteiger charge is 2.26. The number of hydrogen-bond donors (Lipinski definition) is 4. The number of para-hydroxylation sites is 1. The molecule has 1 aromatic carbocycles. The summed E-state index contributed by atoms with van der Waals surface area (Å²) in [6, 6.07) is 7.58. The van der Waals surface area contributed by atoms with E-state index < -0.39 is 11.9 Å². The van der Waals surface area contributed by atoms with Crippen LogP contribution < -0.4 is 26.0 Å². The maximum absolute atomic E-state index is 11.9. The second kappa shape index (κ2) is 8.17. The van der Waals surface area contributed by atoms with Gasteiger partial charge in [-0.3, -0.25) is 10.1 Å². The van der Waals surface area contributed by atoms with Gasteiger partial charge in [0.05, 0.1) is 12.8 Å². The van der Waals surface area contributed by atoms with Crippen molar-refractivity contribution in [2.45, 2.75) is 32.4 Å². The van der Waals surface area contributed by atoms with E-state index in [4.69, 9.17) is 4.74 Å². The Kier molecular flexibility index (Phi) is 5.06. The molecule has 1 aliphatic carbocycles. The van der Waals surface area contributed by atoms with Crippen molar-refractivity contribution in [3.63, 3.8) is 0 Å². The van der Waals surface area contributed by atoms with Crippen LogP contribution in [-0.4, -0.2) is 44.2 Å². The number of imide groups is 1. The highest BCUT2D eigenvalue weighted by atomic mass is 16.5. The monoisotopic (exact) mass is 434 g/mol. The lowest BCUT2D eigenvalue weighted by Gasteiger charge is -2.12. The standard InChI is InChI=1S/C21H22N8O3/c1-2-32-16-6-4-3-5-12(16)10-22-19-26-17-13(9-15-18(30)27-21(31)25-15)11-23-29(17)20(28-19)24-14-7-8-14/h3-6,9,11,14H,2,7-8,10H2,1H3,(H2,22,24,26,28)(H2,25,27,30,31)/b15-9-. The number of hydrogen-bond acceptors (Lipinski definition) is 8. The lowest BCUT2D eigenvalue weighted by atomic mass is 10.2. The summed E-state index contributed by atoms with van der Waals surface area (Å²) < 4.78 is 7.29. The van der Waals surface area contributed by atoms with Crippen LogP contribution in [0, 0.1) is 0 Å². The quantitative estimate of drug-likeness (QED) is 0.312. The first-order valence-corrected chi connectivity index (χ1v) is 10.4. The minimum Gasteiger partial charge on any atom is -0.494 e. The molecule has 0 radical (unpaired) electrons. The van der Waals surface area contributed by atoms with Gasteiger partial charge in [-0.2, -0.15) is 19.6 Å². The van der Waals surface area contributed by atoms with Gasteiger partial charge in [-0.15, -0.1) is 0 Å². The molecule has 2 aromatic heterocycles. The van der Waals surface area contributed by atoms with Crippen molar-refractivity contribution >= 4 is 35.6 Å². The first kappa shape index (κ1) is 19.8. The molecule has 4 N–H and O–H groups in total. The lowest BCUT2D eigenvalue weighted by molar-refractivity contribution is -0.115. The number of ether oxygens (including phenoxy) is 1. The number of carbonyl (C=O) groups is 2. The Balaban J connectivity index is 1.48. The molecule has 11 heteroatoms. The fraction of sp³-hybridized carbons (Fsp3) is 0.286. The summed E-state index contributed by atoms with van der Waals surface area (Å²) in [5.41, 5.74) is 2.21. The molecule has 0 unspecified atom stereocenters. The highest BCUT2D eigenvalue weighted by molar-refractivity contribution is 6.14. The van der Waals surface area contributed by atoms with E-state index in [0.29, 0.717) is 42.3 Å². The van der Waals surface area contributed by atoms with Gasteiger partial charge >= 0.3 is 6.03 Å². The van der Waals surface area contributed by atoms with Gasteiger partial charge in [-0.1, -0.05) is 18.2 Å². The molecule has 3 aromatic rings. The summed E-state index contributed by atoms with van der Waals surface area (Å²) in [5, 5.41) is 15.7. The van der Waals surface area contributed by atoms with E-state index in [-0.39, 0.29) is 5.70 Å². The molecule has 2 aliphatic rings. The number of nitrogens with zero attached hydrogens (tertiary/aromatic N) is 4. The van der Waals surface area contributed by atoms with E-state index in [9.17, 15) is 9.59 Å². The van der Waals surface area contributed by atoms with Crippen molar-refractivity contribution in [2.75, 3.05) is 17.2 Å². The molecular formula is C21H22N8O3. The van der Waals surface area contributed by atoms with Crippen molar-refractivity contribution in [3.05, 3.63) is 47.3 Å². The minimum absolute atomic E-state index is 0.139. The number of urea groups is 1. The lowest BCUT2D eigenvalue weighted by Crippen LogP contribution is -2.22. The first-order valence-electron chi connectivity index (χ1n) is 10.4. The Morgan fingerprint density at radius 3 is 2.81 bits per heavy atom. The van der Waals surface area contributed by atoms with Gasteiger partial charge < -0.3 is 20.7 Å². The zero-order valence-corrected chi connectivity index (χ0v) is 17.4. The van der Waals surface area contributed by atoms with Crippen LogP contribution in [0.4, 0.5) is 16.7 Å². The van der Waals surface area contributed by atoms with Gasteiger partial charge in [0.1, 0.15) is 11.4 Å². The van der Waals surface area contributed by atoms with Gasteiger partial charge in [0.25, 0.3) is 5.91 Å². The minimum atomic E-state index is -0.557. The van der Waals surface area contributed by atoms with Gasteiger partial charge in [-0.05, 0) is 31.9 Å². The molecule has 1 saturated heterocycles. The average Bonchev–Trinajstić information content (AvgIpc) is 3.42. The van der Waals surface area contributed by atoms with Gasteiger partial charge in [0.2, 0.25) is 11.9 Å². The fourth-order valence-corrected chi connectivity index (χ4v) is 3.34. The fourth-order valence-electron chi connectivity index (χ4n) is 3.34. The molecule has 3 heterocycles. The number of amides is 3. The molecule has 1 aliphatic heterocycles. The van der Waals surface area contributed by atoms with Crippen molar-refractivity contribution < 1.29 is 14.3 Å². The number of aromatic nitrogens is 4. The van der Waals surface area contributed by atoms with Crippen molar-refractivity contribution in [1.82, 2.24) is 30.2 Å². The number of rotatable bonds is 8. The molecular weight excluding hydrogens is 412 g/mol. The molecule has 164 valence electrons. The van der Waals surface area contributed by atoms with Crippen LogP contribution in [-0.2, 0) is 11.3 Å². The second-order valence-corrected chi connectivity index (χ2v) is 7.49. The van der Waals surface area contributed by atoms with Gasteiger partial charge in [0.15, 0.2) is 5.65 Å². The number of fused-ring (bicyclic) bond motifs is 1. The van der Waals surface area contributed by atoms with E-state index in [2.05, 4.69) is 36.3 Å². The summed E-state index contributed by atoms with van der Waals surface area (Å²) >= 11 is 0. The second-order valence-electron chi connectivity index (χ2n) is 7.49. The Hall–Kier alpha value is -4.15. The van der Waals surface area contributed by atoms with Gasteiger partial charge in [-0.25, -0.2) is 4.79 Å². The van der Waals surface area contributed by atoms with Crippen LogP contribution in [0.15, 0.2) is 36.2 Å². The Bertz CT molecular complexity index is 1230.